The number of halogens is 1. The molecule has 1 amide bonds. The Balaban J connectivity index is 0.00000338. The molecule has 0 radical (unpaired) electrons. The molecule has 1 aliphatic heterocycles. The number of benzene rings is 1. The zero-order valence-corrected chi connectivity index (χ0v) is 16.2. The van der Waals surface area contributed by atoms with Crippen molar-refractivity contribution in [2.75, 3.05) is 32.8 Å². The molecule has 10 heteroatoms. The standard InChI is InChI=1S/C16H25N3O5S.ClH/c17-7-9-18-16(20)4-2-1-3-8-19-25(21,22)13-5-6-14-15(12-13)24-11-10-23-14;/h5-6,12,19H,1-4,7-11,17H2,(H,18,20);1H. The van der Waals surface area contributed by atoms with Gasteiger partial charge in [0.2, 0.25) is 15.9 Å². The van der Waals surface area contributed by atoms with Gasteiger partial charge in [-0.1, -0.05) is 6.42 Å². The molecule has 1 aliphatic rings. The average molecular weight is 408 g/mol. The zero-order valence-electron chi connectivity index (χ0n) is 14.5. The summed E-state index contributed by atoms with van der Waals surface area (Å²) in [6.45, 7) is 2.09. The van der Waals surface area contributed by atoms with Crippen molar-refractivity contribution in [3.63, 3.8) is 0 Å². The van der Waals surface area contributed by atoms with E-state index in [1.54, 1.807) is 6.07 Å². The van der Waals surface area contributed by atoms with Gasteiger partial charge in [0.05, 0.1) is 4.90 Å². The minimum atomic E-state index is -3.59. The molecule has 0 atom stereocenters. The third-order valence-electron chi connectivity index (χ3n) is 3.66. The molecule has 0 fully saturated rings. The lowest BCUT2D eigenvalue weighted by Gasteiger charge is -2.18. The van der Waals surface area contributed by atoms with Crippen LogP contribution >= 0.6 is 12.4 Å². The minimum absolute atomic E-state index is 0. The fraction of sp³-hybridized carbons (Fsp3) is 0.562. The zero-order chi connectivity index (χ0) is 18.1. The summed E-state index contributed by atoms with van der Waals surface area (Å²) in [5.74, 6) is 0.970. The summed E-state index contributed by atoms with van der Waals surface area (Å²) in [6.07, 6.45) is 2.56. The van der Waals surface area contributed by atoms with Crippen molar-refractivity contribution in [2.24, 2.45) is 5.73 Å². The van der Waals surface area contributed by atoms with Crippen LogP contribution in [-0.4, -0.2) is 47.2 Å². The van der Waals surface area contributed by atoms with Gasteiger partial charge in [-0.15, -0.1) is 12.4 Å². The van der Waals surface area contributed by atoms with E-state index >= 15 is 0 Å². The molecule has 0 bridgehead atoms. The first-order valence-electron chi connectivity index (χ1n) is 8.39. The van der Waals surface area contributed by atoms with Gasteiger partial charge in [0.15, 0.2) is 11.5 Å². The van der Waals surface area contributed by atoms with E-state index in [-0.39, 0.29) is 23.2 Å². The molecule has 0 saturated carbocycles. The van der Waals surface area contributed by atoms with E-state index in [0.29, 0.717) is 63.6 Å². The minimum Gasteiger partial charge on any atom is -0.486 e. The van der Waals surface area contributed by atoms with Crippen molar-refractivity contribution in [2.45, 2.75) is 30.6 Å². The SMILES string of the molecule is Cl.NCCNC(=O)CCCCCNS(=O)(=O)c1ccc2c(c1)OCCO2. The molecular formula is C16H26ClN3O5S. The Morgan fingerprint density at radius 1 is 1.08 bits per heavy atom. The fourth-order valence-electron chi connectivity index (χ4n) is 2.37. The lowest BCUT2D eigenvalue weighted by atomic mass is 10.2. The molecular weight excluding hydrogens is 382 g/mol. The molecule has 0 spiro atoms. The summed E-state index contributed by atoms with van der Waals surface area (Å²) in [6, 6.07) is 4.57. The van der Waals surface area contributed by atoms with Crippen molar-refractivity contribution in [3.05, 3.63) is 18.2 Å². The van der Waals surface area contributed by atoms with Crippen molar-refractivity contribution in [1.82, 2.24) is 10.0 Å². The van der Waals surface area contributed by atoms with Crippen molar-refractivity contribution in [3.8, 4) is 11.5 Å². The van der Waals surface area contributed by atoms with Crippen LogP contribution < -0.4 is 25.2 Å². The number of unbranched alkanes of at least 4 members (excludes halogenated alkanes) is 2. The second kappa shape index (κ2) is 11.2. The number of hydrogen-bond acceptors (Lipinski definition) is 6. The number of carbonyl (C=O) groups excluding carboxylic acids is 1. The topological polar surface area (TPSA) is 120 Å². The monoisotopic (exact) mass is 407 g/mol. The molecule has 26 heavy (non-hydrogen) atoms. The number of hydrogen-bond donors (Lipinski definition) is 3. The summed E-state index contributed by atoms with van der Waals surface area (Å²) in [4.78, 5) is 11.5. The summed E-state index contributed by atoms with van der Waals surface area (Å²) in [7, 11) is -3.59. The molecule has 1 heterocycles. The first kappa shape index (κ1) is 22.5. The van der Waals surface area contributed by atoms with E-state index in [4.69, 9.17) is 15.2 Å². The van der Waals surface area contributed by atoms with E-state index in [1.165, 1.54) is 12.1 Å². The average Bonchev–Trinajstić information content (AvgIpc) is 2.62. The van der Waals surface area contributed by atoms with Crippen LogP contribution in [0.3, 0.4) is 0 Å². The summed E-state index contributed by atoms with van der Waals surface area (Å²) >= 11 is 0. The molecule has 0 unspecified atom stereocenters. The summed E-state index contributed by atoms with van der Waals surface area (Å²) < 4.78 is 37.9. The Bertz CT molecular complexity index is 684. The number of ether oxygens (including phenoxy) is 2. The normalized spacial score (nSPS) is 13.0. The Morgan fingerprint density at radius 3 is 2.54 bits per heavy atom. The number of nitrogens with one attached hydrogen (secondary N) is 2. The van der Waals surface area contributed by atoms with Crippen LogP contribution in [0.5, 0.6) is 11.5 Å². The smallest absolute Gasteiger partial charge is 0.240 e. The molecule has 0 aliphatic carbocycles. The van der Waals surface area contributed by atoms with Gasteiger partial charge in [-0.25, -0.2) is 13.1 Å². The molecule has 0 aromatic heterocycles. The van der Waals surface area contributed by atoms with Gasteiger partial charge in [0.25, 0.3) is 0 Å². The van der Waals surface area contributed by atoms with E-state index in [9.17, 15) is 13.2 Å². The molecule has 148 valence electrons. The van der Waals surface area contributed by atoms with Crippen LogP contribution in [-0.2, 0) is 14.8 Å². The first-order valence-corrected chi connectivity index (χ1v) is 9.87. The quantitative estimate of drug-likeness (QED) is 0.493. The van der Waals surface area contributed by atoms with Gasteiger partial charge in [0, 0.05) is 32.1 Å². The van der Waals surface area contributed by atoms with Crippen molar-refractivity contribution < 1.29 is 22.7 Å². The Kier molecular flexibility index (Phi) is 9.71. The van der Waals surface area contributed by atoms with E-state index in [1.807, 2.05) is 0 Å². The molecule has 0 saturated heterocycles. The van der Waals surface area contributed by atoms with Crippen LogP contribution in [0.1, 0.15) is 25.7 Å². The summed E-state index contributed by atoms with van der Waals surface area (Å²) in [5, 5.41) is 2.70. The van der Waals surface area contributed by atoms with Crippen LogP contribution in [0.15, 0.2) is 23.1 Å². The molecule has 1 aromatic rings. The van der Waals surface area contributed by atoms with E-state index in [0.717, 1.165) is 6.42 Å². The largest absolute Gasteiger partial charge is 0.486 e. The molecule has 1 aromatic carbocycles. The van der Waals surface area contributed by atoms with E-state index < -0.39 is 10.0 Å². The van der Waals surface area contributed by atoms with Gasteiger partial charge in [-0.05, 0) is 25.0 Å². The predicted octanol–water partition coefficient (Wildman–Crippen LogP) is 0.793. The number of carbonyl (C=O) groups is 1. The second-order valence-electron chi connectivity index (χ2n) is 5.65. The maximum atomic E-state index is 12.3. The lowest BCUT2D eigenvalue weighted by molar-refractivity contribution is -0.121. The highest BCUT2D eigenvalue weighted by atomic mass is 35.5. The number of amides is 1. The van der Waals surface area contributed by atoms with Gasteiger partial charge in [-0.2, -0.15) is 0 Å². The van der Waals surface area contributed by atoms with E-state index in [2.05, 4.69) is 10.0 Å². The maximum absolute atomic E-state index is 12.3. The third kappa shape index (κ3) is 6.99. The highest BCUT2D eigenvalue weighted by Crippen LogP contribution is 2.32. The highest BCUT2D eigenvalue weighted by molar-refractivity contribution is 7.89. The number of nitrogens with two attached hydrogens (primary N) is 1. The maximum Gasteiger partial charge on any atom is 0.240 e. The highest BCUT2D eigenvalue weighted by Gasteiger charge is 2.18. The van der Waals surface area contributed by atoms with Crippen LogP contribution in [0.4, 0.5) is 0 Å². The Hall–Kier alpha value is -1.55. The second-order valence-corrected chi connectivity index (χ2v) is 7.42. The Morgan fingerprint density at radius 2 is 1.81 bits per heavy atom. The van der Waals surface area contributed by atoms with Gasteiger partial charge >= 0.3 is 0 Å². The number of fused-ring (bicyclic) bond motifs is 1. The predicted molar refractivity (Wildman–Crippen MR) is 100 cm³/mol. The van der Waals surface area contributed by atoms with Crippen LogP contribution in [0.25, 0.3) is 0 Å². The number of sulfonamides is 1. The third-order valence-corrected chi connectivity index (χ3v) is 5.12. The van der Waals surface area contributed by atoms with Gasteiger partial charge < -0.3 is 20.5 Å². The van der Waals surface area contributed by atoms with Crippen LogP contribution in [0, 0.1) is 0 Å². The fourth-order valence-corrected chi connectivity index (χ4v) is 3.46. The number of rotatable bonds is 10. The first-order chi connectivity index (χ1) is 12.0. The summed E-state index contributed by atoms with van der Waals surface area (Å²) in [5.41, 5.74) is 5.30. The Labute approximate surface area is 160 Å². The van der Waals surface area contributed by atoms with Crippen molar-refractivity contribution in [1.29, 1.82) is 0 Å². The van der Waals surface area contributed by atoms with Gasteiger partial charge in [-0.3, -0.25) is 4.79 Å². The molecule has 8 nitrogen and oxygen atoms in total. The lowest BCUT2D eigenvalue weighted by Crippen LogP contribution is -2.28. The van der Waals surface area contributed by atoms with Gasteiger partial charge in [0.1, 0.15) is 13.2 Å². The molecule has 2 rings (SSSR count). The van der Waals surface area contributed by atoms with Crippen molar-refractivity contribution >= 4 is 28.3 Å². The van der Waals surface area contributed by atoms with Crippen LogP contribution in [0.2, 0.25) is 0 Å². The molecule has 4 N–H and O–H groups in total.